The van der Waals surface area contributed by atoms with Crippen LogP contribution in [0.1, 0.15) is 56.9 Å². The molecule has 0 unspecified atom stereocenters. The molecule has 8 rings (SSSR count). The minimum atomic E-state index is -4.97. The Morgan fingerprint density at radius 3 is 2.62 bits per heavy atom. The summed E-state index contributed by atoms with van der Waals surface area (Å²) in [7, 11) is 1.84. The molecule has 2 aliphatic carbocycles. The van der Waals surface area contributed by atoms with Crippen molar-refractivity contribution in [3.63, 3.8) is 0 Å². The van der Waals surface area contributed by atoms with Gasteiger partial charge in [-0.1, -0.05) is 11.6 Å². The highest BCUT2D eigenvalue weighted by molar-refractivity contribution is 6.32. The Bertz CT molecular complexity index is 1780. The minimum Gasteiger partial charge on any atom is -0.470 e. The highest BCUT2D eigenvalue weighted by atomic mass is 35.5. The van der Waals surface area contributed by atoms with Gasteiger partial charge in [0.2, 0.25) is 5.88 Å². The minimum absolute atomic E-state index is 0.0176. The number of ether oxygens (including phenoxy) is 2. The molecule has 47 heavy (non-hydrogen) atoms. The van der Waals surface area contributed by atoms with Gasteiger partial charge in [-0.25, -0.2) is 13.8 Å². The number of anilines is 2. The Kier molecular flexibility index (Phi) is 6.86. The molecule has 5 aliphatic rings. The van der Waals surface area contributed by atoms with Crippen LogP contribution in [-0.4, -0.2) is 81.2 Å². The highest BCUT2D eigenvalue weighted by Gasteiger charge is 2.59. The van der Waals surface area contributed by atoms with Crippen LogP contribution in [0.25, 0.3) is 22.2 Å². The first kappa shape index (κ1) is 31.1. The molecule has 0 bridgehead atoms. The quantitative estimate of drug-likeness (QED) is 0.250. The fourth-order valence-electron chi connectivity index (χ4n) is 8.60. The molecule has 3 N–H and O–H groups in total. The third kappa shape index (κ3) is 4.87. The fraction of sp³-hybridized carbons (Fsp3) is 0.594. The van der Waals surface area contributed by atoms with E-state index in [4.69, 9.17) is 31.8 Å². The Balaban J connectivity index is 1.33. The maximum absolute atomic E-state index is 16.8. The molecule has 4 fully saturated rings. The van der Waals surface area contributed by atoms with Gasteiger partial charge in [-0.3, -0.25) is 4.90 Å². The topological polar surface area (TPSA) is 110 Å². The van der Waals surface area contributed by atoms with Gasteiger partial charge >= 0.3 is 12.2 Å². The van der Waals surface area contributed by atoms with Crippen LogP contribution in [0.4, 0.5) is 33.5 Å². The Morgan fingerprint density at radius 1 is 1.15 bits per heavy atom. The van der Waals surface area contributed by atoms with Crippen molar-refractivity contribution in [2.75, 3.05) is 44.0 Å². The summed E-state index contributed by atoms with van der Waals surface area (Å²) in [4.78, 5) is 17.6. The number of fused-ring (bicyclic) bond motifs is 1. The average Bonchev–Trinajstić information content (AvgIpc) is 3.56. The van der Waals surface area contributed by atoms with Crippen molar-refractivity contribution in [1.82, 2.24) is 19.9 Å². The standard InChI is InChI=1S/C32H34ClF5N6O3/c1-43-26-21-25(41-28(42-26)46-15-30-3-2-6-44(30)12-17(34)11-30)23(35)24(19-7-18(39)8-20(33)22(19)32(36,37)38)40-27(21)47-31(9-16(10-31)13-45)14-29(43)4-5-29/h7-8,16-17,45H,2-6,9-15,39H2,1H3/t16?,17-,30+,31?/m1/s1. The van der Waals surface area contributed by atoms with Crippen LogP contribution < -0.4 is 20.1 Å². The molecule has 5 heterocycles. The molecule has 252 valence electrons. The molecule has 2 saturated carbocycles. The summed E-state index contributed by atoms with van der Waals surface area (Å²) < 4.78 is 87.3. The average molecular weight is 681 g/mol. The van der Waals surface area contributed by atoms with Crippen molar-refractivity contribution in [3.8, 4) is 23.1 Å². The number of pyridine rings is 1. The number of nitrogens with two attached hydrogens (primary N) is 1. The van der Waals surface area contributed by atoms with Crippen LogP contribution in [0.15, 0.2) is 12.1 Å². The van der Waals surface area contributed by atoms with Crippen LogP contribution in [-0.2, 0) is 6.18 Å². The van der Waals surface area contributed by atoms with E-state index in [0.29, 0.717) is 32.2 Å². The van der Waals surface area contributed by atoms with E-state index in [1.54, 1.807) is 0 Å². The summed E-state index contributed by atoms with van der Waals surface area (Å²) in [6.07, 6.45) is -0.869. The van der Waals surface area contributed by atoms with Crippen molar-refractivity contribution >= 4 is 34.0 Å². The van der Waals surface area contributed by atoms with E-state index < -0.39 is 51.1 Å². The summed E-state index contributed by atoms with van der Waals surface area (Å²) in [6.45, 7) is 1.09. The molecular weight excluding hydrogens is 647 g/mol. The first-order chi connectivity index (χ1) is 22.3. The van der Waals surface area contributed by atoms with Crippen LogP contribution >= 0.6 is 11.6 Å². The maximum Gasteiger partial charge on any atom is 0.418 e. The van der Waals surface area contributed by atoms with Gasteiger partial charge in [-0.05, 0) is 63.1 Å². The van der Waals surface area contributed by atoms with Crippen molar-refractivity contribution < 1.29 is 36.5 Å². The number of aliphatic hydroxyl groups excluding tert-OH is 1. The fourth-order valence-corrected chi connectivity index (χ4v) is 8.94. The lowest BCUT2D eigenvalue weighted by Gasteiger charge is -2.51. The zero-order chi connectivity index (χ0) is 33.1. The van der Waals surface area contributed by atoms with E-state index in [2.05, 4.69) is 14.9 Å². The molecule has 9 nitrogen and oxygen atoms in total. The third-order valence-corrected chi connectivity index (χ3v) is 11.3. The molecule has 3 aromatic rings. The van der Waals surface area contributed by atoms with E-state index >= 15 is 4.39 Å². The van der Waals surface area contributed by atoms with Crippen molar-refractivity contribution in [1.29, 1.82) is 0 Å². The van der Waals surface area contributed by atoms with Crippen LogP contribution in [0.2, 0.25) is 5.02 Å². The van der Waals surface area contributed by atoms with Crippen molar-refractivity contribution in [2.24, 2.45) is 5.92 Å². The second-order valence-electron chi connectivity index (χ2n) is 14.1. The molecule has 3 aliphatic heterocycles. The second kappa shape index (κ2) is 10.4. The summed E-state index contributed by atoms with van der Waals surface area (Å²) in [5, 5.41) is 9.23. The second-order valence-corrected chi connectivity index (χ2v) is 14.5. The van der Waals surface area contributed by atoms with E-state index in [1.807, 2.05) is 11.9 Å². The lowest BCUT2D eigenvalue weighted by Crippen LogP contribution is -2.55. The SMILES string of the molecule is CN1c2nc(OC[C@@]34CCCN3C[C@H](F)C4)nc3c(F)c(-c4cc(N)cc(Cl)c4C(F)(F)F)nc(c23)OC2(CC(CO)C2)CC12CC2. The van der Waals surface area contributed by atoms with Gasteiger partial charge in [-0.15, -0.1) is 0 Å². The molecule has 0 amide bonds. The number of alkyl halides is 4. The van der Waals surface area contributed by atoms with Crippen LogP contribution in [0.3, 0.4) is 0 Å². The Labute approximate surface area is 272 Å². The summed E-state index contributed by atoms with van der Waals surface area (Å²) in [5.41, 5.74) is 1.15. The molecule has 2 atom stereocenters. The van der Waals surface area contributed by atoms with E-state index in [1.165, 1.54) is 0 Å². The summed E-state index contributed by atoms with van der Waals surface area (Å²) >= 11 is 6.06. The molecular formula is C32H34ClF5N6O3. The summed E-state index contributed by atoms with van der Waals surface area (Å²) in [6, 6.07) is 1.75. The number of aliphatic hydroxyl groups is 1. The van der Waals surface area contributed by atoms with Gasteiger partial charge in [0.15, 0.2) is 5.82 Å². The maximum atomic E-state index is 16.8. The zero-order valence-corrected chi connectivity index (χ0v) is 26.4. The van der Waals surface area contributed by atoms with Gasteiger partial charge < -0.3 is 25.2 Å². The molecule has 1 aromatic carbocycles. The molecule has 2 aromatic heterocycles. The number of nitrogens with zero attached hydrogens (tertiary/aromatic N) is 5. The number of hydrogen-bond donors (Lipinski definition) is 2. The lowest BCUT2D eigenvalue weighted by molar-refractivity contribution is -0.137. The van der Waals surface area contributed by atoms with E-state index in [-0.39, 0.29) is 59.0 Å². The summed E-state index contributed by atoms with van der Waals surface area (Å²) in [5.74, 6) is -1.01. The van der Waals surface area contributed by atoms with Gasteiger partial charge in [0.1, 0.15) is 40.8 Å². The first-order valence-corrected chi connectivity index (χ1v) is 16.3. The Morgan fingerprint density at radius 2 is 1.91 bits per heavy atom. The van der Waals surface area contributed by atoms with Crippen molar-refractivity contribution in [2.45, 2.75) is 80.4 Å². The number of halogens is 6. The number of benzene rings is 1. The van der Waals surface area contributed by atoms with Crippen molar-refractivity contribution in [3.05, 3.63) is 28.5 Å². The van der Waals surface area contributed by atoms with Gasteiger partial charge in [0.25, 0.3) is 0 Å². The molecule has 2 saturated heterocycles. The van der Waals surface area contributed by atoms with Gasteiger partial charge in [0, 0.05) is 49.8 Å². The predicted molar refractivity (Wildman–Crippen MR) is 164 cm³/mol. The van der Waals surface area contributed by atoms with Crippen LogP contribution in [0.5, 0.6) is 11.9 Å². The highest BCUT2D eigenvalue weighted by Crippen LogP contribution is 2.58. The van der Waals surface area contributed by atoms with Gasteiger partial charge in [-0.2, -0.15) is 23.1 Å². The zero-order valence-electron chi connectivity index (χ0n) is 25.6. The smallest absolute Gasteiger partial charge is 0.418 e. The molecule has 0 radical (unpaired) electrons. The third-order valence-electron chi connectivity index (χ3n) is 11.0. The number of aromatic nitrogens is 3. The van der Waals surface area contributed by atoms with Crippen LogP contribution in [0, 0.1) is 11.7 Å². The molecule has 15 heteroatoms. The number of hydrogen-bond acceptors (Lipinski definition) is 9. The largest absolute Gasteiger partial charge is 0.470 e. The predicted octanol–water partition coefficient (Wildman–Crippen LogP) is 5.93. The molecule has 2 spiro atoms. The number of nitrogen functional groups attached to an aromatic ring is 1. The lowest BCUT2D eigenvalue weighted by atomic mass is 9.67. The van der Waals surface area contributed by atoms with Gasteiger partial charge in [0.05, 0.1) is 16.1 Å². The monoisotopic (exact) mass is 680 g/mol. The number of rotatable bonds is 5. The Hall–Kier alpha value is -3.23. The van der Waals surface area contributed by atoms with E-state index in [0.717, 1.165) is 44.4 Å². The van der Waals surface area contributed by atoms with E-state index in [9.17, 15) is 22.7 Å². The normalized spacial score (nSPS) is 29.5. The first-order valence-electron chi connectivity index (χ1n) is 15.9.